The monoisotopic (exact) mass is 436 g/mol. The highest BCUT2D eigenvalue weighted by Crippen LogP contribution is 2.37. The van der Waals surface area contributed by atoms with E-state index in [1.807, 2.05) is 20.3 Å². The molecule has 0 atom stereocenters. The van der Waals surface area contributed by atoms with Crippen LogP contribution < -0.4 is 4.74 Å². The summed E-state index contributed by atoms with van der Waals surface area (Å²) in [4.78, 5) is 18.0. The zero-order valence-corrected chi connectivity index (χ0v) is 18.8. The van der Waals surface area contributed by atoms with E-state index in [9.17, 15) is 9.90 Å². The SMILES string of the molecule is CC(C)n1ncnc1-c1cc2n(n1)-c1cc(C3CN(C(C)(C)C(=O)O)C3)ccc1OCC2. The maximum atomic E-state index is 11.6. The molecule has 9 heteroatoms. The van der Waals surface area contributed by atoms with E-state index >= 15 is 0 Å². The summed E-state index contributed by atoms with van der Waals surface area (Å²) in [6.07, 6.45) is 2.31. The standard InChI is InChI=1S/C23H28N6O3/c1-14(2)28-21(24-13-25-28)18-10-17-7-8-32-20-6-5-15(9-19(20)29(17)26-18)16-11-27(12-16)23(3,4)22(30)31/h5-6,9-10,13-14,16H,7-8,11-12H2,1-4H3,(H,30,31). The first kappa shape index (κ1) is 20.7. The molecule has 0 spiro atoms. The number of carbonyl (C=O) groups is 1. The van der Waals surface area contributed by atoms with Gasteiger partial charge in [-0.3, -0.25) is 9.69 Å². The smallest absolute Gasteiger partial charge is 0.323 e. The molecule has 4 heterocycles. The summed E-state index contributed by atoms with van der Waals surface area (Å²) in [6, 6.07) is 8.47. The lowest BCUT2D eigenvalue weighted by Gasteiger charge is -2.47. The van der Waals surface area contributed by atoms with Gasteiger partial charge in [-0.15, -0.1) is 0 Å². The number of carboxylic acid groups (broad SMARTS) is 1. The van der Waals surface area contributed by atoms with Gasteiger partial charge >= 0.3 is 5.97 Å². The molecule has 0 bridgehead atoms. The predicted molar refractivity (Wildman–Crippen MR) is 118 cm³/mol. The third-order valence-corrected chi connectivity index (χ3v) is 6.57. The second-order valence-corrected chi connectivity index (χ2v) is 9.35. The second-order valence-electron chi connectivity index (χ2n) is 9.35. The van der Waals surface area contributed by atoms with E-state index in [-0.39, 0.29) is 12.0 Å². The van der Waals surface area contributed by atoms with Crippen LogP contribution in [0.5, 0.6) is 5.75 Å². The fourth-order valence-electron chi connectivity index (χ4n) is 4.35. The largest absolute Gasteiger partial charge is 0.491 e. The molecule has 2 aromatic heterocycles. The molecule has 1 N–H and O–H groups in total. The van der Waals surface area contributed by atoms with Crippen LogP contribution in [0.25, 0.3) is 17.2 Å². The quantitative estimate of drug-likeness (QED) is 0.657. The summed E-state index contributed by atoms with van der Waals surface area (Å²) in [5.74, 6) is 1.04. The van der Waals surface area contributed by atoms with Crippen LogP contribution in [0, 0.1) is 0 Å². The van der Waals surface area contributed by atoms with Crippen LogP contribution in [0.4, 0.5) is 0 Å². The van der Waals surface area contributed by atoms with Crippen LogP contribution in [-0.2, 0) is 11.2 Å². The Labute approximate surface area is 186 Å². The van der Waals surface area contributed by atoms with Gasteiger partial charge in [0.1, 0.15) is 29.0 Å². The van der Waals surface area contributed by atoms with Crippen molar-refractivity contribution in [2.24, 2.45) is 0 Å². The number of carboxylic acids is 1. The van der Waals surface area contributed by atoms with Crippen molar-refractivity contribution in [3.63, 3.8) is 0 Å². The number of fused-ring (bicyclic) bond motifs is 3. The number of hydrogen-bond donors (Lipinski definition) is 1. The Hall–Kier alpha value is -3.20. The molecular formula is C23H28N6O3. The van der Waals surface area contributed by atoms with E-state index in [4.69, 9.17) is 9.84 Å². The Morgan fingerprint density at radius 2 is 2.03 bits per heavy atom. The Balaban J connectivity index is 1.47. The highest BCUT2D eigenvalue weighted by Gasteiger charge is 2.42. The molecule has 0 amide bonds. The highest BCUT2D eigenvalue weighted by atomic mass is 16.5. The molecule has 1 fully saturated rings. The molecule has 0 saturated carbocycles. The van der Waals surface area contributed by atoms with Crippen LogP contribution in [0.15, 0.2) is 30.6 Å². The zero-order chi connectivity index (χ0) is 22.6. The number of aliphatic carboxylic acids is 1. The third kappa shape index (κ3) is 3.28. The van der Waals surface area contributed by atoms with Gasteiger partial charge in [0, 0.05) is 37.2 Å². The molecule has 1 saturated heterocycles. The molecule has 0 aliphatic carbocycles. The van der Waals surface area contributed by atoms with Gasteiger partial charge in [0.25, 0.3) is 0 Å². The molecular weight excluding hydrogens is 408 g/mol. The van der Waals surface area contributed by atoms with Crippen molar-refractivity contribution in [1.82, 2.24) is 29.4 Å². The number of hydrogen-bond acceptors (Lipinski definition) is 6. The molecule has 5 rings (SSSR count). The predicted octanol–water partition coefficient (Wildman–Crippen LogP) is 2.91. The first-order valence-electron chi connectivity index (χ1n) is 11.0. The van der Waals surface area contributed by atoms with Crippen LogP contribution in [0.1, 0.15) is 50.9 Å². The van der Waals surface area contributed by atoms with Crippen molar-refractivity contribution in [2.75, 3.05) is 19.7 Å². The number of likely N-dealkylation sites (tertiary alicyclic amines) is 1. The Kier molecular flexibility index (Phi) is 4.81. The number of ether oxygens (including phenoxy) is 1. The summed E-state index contributed by atoms with van der Waals surface area (Å²) in [5.41, 5.74) is 3.08. The molecule has 3 aromatic rings. The molecule has 1 aromatic carbocycles. The number of rotatable bonds is 5. The van der Waals surface area contributed by atoms with Crippen molar-refractivity contribution in [3.05, 3.63) is 41.9 Å². The Morgan fingerprint density at radius 1 is 1.25 bits per heavy atom. The topological polar surface area (TPSA) is 98.3 Å². The molecule has 32 heavy (non-hydrogen) atoms. The van der Waals surface area contributed by atoms with Crippen molar-refractivity contribution >= 4 is 5.97 Å². The van der Waals surface area contributed by atoms with Gasteiger partial charge in [0.05, 0.1) is 6.61 Å². The first-order valence-corrected chi connectivity index (χ1v) is 11.0. The van der Waals surface area contributed by atoms with E-state index in [0.717, 1.165) is 35.1 Å². The number of nitrogens with zero attached hydrogens (tertiary/aromatic N) is 6. The van der Waals surface area contributed by atoms with Crippen LogP contribution >= 0.6 is 0 Å². The minimum atomic E-state index is -0.859. The maximum Gasteiger partial charge on any atom is 0.323 e. The lowest BCUT2D eigenvalue weighted by Crippen LogP contribution is -2.59. The summed E-state index contributed by atoms with van der Waals surface area (Å²) in [6.45, 7) is 9.66. The van der Waals surface area contributed by atoms with Crippen LogP contribution in [0.2, 0.25) is 0 Å². The summed E-state index contributed by atoms with van der Waals surface area (Å²) in [7, 11) is 0. The Morgan fingerprint density at radius 3 is 2.75 bits per heavy atom. The average Bonchev–Trinajstić information content (AvgIpc) is 3.31. The lowest BCUT2D eigenvalue weighted by molar-refractivity contribution is -0.152. The van der Waals surface area contributed by atoms with Gasteiger partial charge in [-0.1, -0.05) is 6.07 Å². The summed E-state index contributed by atoms with van der Waals surface area (Å²) < 4.78 is 9.83. The lowest BCUT2D eigenvalue weighted by atomic mass is 9.86. The highest BCUT2D eigenvalue weighted by molar-refractivity contribution is 5.77. The molecule has 2 aliphatic heterocycles. The van der Waals surface area contributed by atoms with Gasteiger partial charge in [-0.25, -0.2) is 14.3 Å². The van der Waals surface area contributed by atoms with Gasteiger partial charge < -0.3 is 9.84 Å². The minimum absolute atomic E-state index is 0.188. The summed E-state index contributed by atoms with van der Waals surface area (Å²) in [5, 5.41) is 18.7. The molecule has 9 nitrogen and oxygen atoms in total. The second kappa shape index (κ2) is 7.44. The van der Waals surface area contributed by atoms with Crippen molar-refractivity contribution < 1.29 is 14.6 Å². The van der Waals surface area contributed by atoms with E-state index in [2.05, 4.69) is 42.1 Å². The zero-order valence-electron chi connectivity index (χ0n) is 18.8. The van der Waals surface area contributed by atoms with Gasteiger partial charge in [-0.05, 0) is 51.5 Å². The average molecular weight is 437 g/mol. The van der Waals surface area contributed by atoms with E-state index in [0.29, 0.717) is 19.7 Å². The van der Waals surface area contributed by atoms with E-state index in [1.54, 1.807) is 20.2 Å². The van der Waals surface area contributed by atoms with Crippen LogP contribution in [0.3, 0.4) is 0 Å². The number of aromatic nitrogens is 5. The fourth-order valence-corrected chi connectivity index (χ4v) is 4.35. The van der Waals surface area contributed by atoms with Crippen molar-refractivity contribution in [1.29, 1.82) is 0 Å². The first-order chi connectivity index (χ1) is 15.3. The third-order valence-electron chi connectivity index (χ3n) is 6.57. The van der Waals surface area contributed by atoms with E-state index < -0.39 is 11.5 Å². The van der Waals surface area contributed by atoms with Gasteiger partial charge in [0.2, 0.25) is 0 Å². The van der Waals surface area contributed by atoms with Crippen molar-refractivity contribution in [2.45, 2.75) is 51.6 Å². The van der Waals surface area contributed by atoms with Crippen LogP contribution in [-0.4, -0.2) is 65.8 Å². The van der Waals surface area contributed by atoms with Gasteiger partial charge in [0.15, 0.2) is 5.82 Å². The number of benzene rings is 1. The molecule has 2 aliphatic rings. The summed E-state index contributed by atoms with van der Waals surface area (Å²) >= 11 is 0. The van der Waals surface area contributed by atoms with E-state index in [1.165, 1.54) is 5.56 Å². The van der Waals surface area contributed by atoms with Gasteiger partial charge in [-0.2, -0.15) is 10.2 Å². The molecule has 0 radical (unpaired) electrons. The maximum absolute atomic E-state index is 11.6. The Bertz CT molecular complexity index is 1170. The fraction of sp³-hybridized carbons (Fsp3) is 0.478. The molecule has 0 unspecified atom stereocenters. The van der Waals surface area contributed by atoms with Crippen molar-refractivity contribution in [3.8, 4) is 23.0 Å². The normalized spacial score (nSPS) is 16.8. The molecule has 168 valence electrons. The minimum Gasteiger partial charge on any atom is -0.491 e.